The molecule has 1 unspecified atom stereocenters. The first-order chi connectivity index (χ1) is 12.0. The molecule has 0 aliphatic rings. The summed E-state index contributed by atoms with van der Waals surface area (Å²) in [6, 6.07) is 7.99. The summed E-state index contributed by atoms with van der Waals surface area (Å²) >= 11 is 0. The second-order valence-corrected chi connectivity index (χ2v) is 6.21. The minimum Gasteiger partial charge on any atom is -0.497 e. The van der Waals surface area contributed by atoms with E-state index < -0.39 is 0 Å². The number of rotatable bonds is 7. The van der Waals surface area contributed by atoms with Crippen molar-refractivity contribution in [2.24, 2.45) is 10.9 Å². The third-order valence-electron chi connectivity index (χ3n) is 3.98. The molecule has 0 radical (unpaired) electrons. The van der Waals surface area contributed by atoms with Gasteiger partial charge >= 0.3 is 0 Å². The number of H-pyrrole nitrogens is 1. The Labute approximate surface area is 149 Å². The fraction of sp³-hybridized carbons (Fsp3) is 0.500. The molecule has 0 spiro atoms. The molecule has 0 aliphatic heterocycles. The van der Waals surface area contributed by atoms with Crippen molar-refractivity contribution in [2.45, 2.75) is 40.3 Å². The highest BCUT2D eigenvalue weighted by molar-refractivity contribution is 5.80. The number of aromatic nitrogens is 3. The van der Waals surface area contributed by atoms with E-state index in [-0.39, 0.29) is 0 Å². The highest BCUT2D eigenvalue weighted by Crippen LogP contribution is 2.18. The van der Waals surface area contributed by atoms with Gasteiger partial charge in [-0.25, -0.2) is 9.98 Å². The van der Waals surface area contributed by atoms with Crippen molar-refractivity contribution >= 4 is 5.96 Å². The van der Waals surface area contributed by atoms with Crippen LogP contribution in [0.25, 0.3) is 11.4 Å². The molecule has 136 valence electrons. The molecule has 1 aromatic heterocycles. The Balaban J connectivity index is 2.04. The summed E-state index contributed by atoms with van der Waals surface area (Å²) in [4.78, 5) is 9.09. The predicted octanol–water partition coefficient (Wildman–Crippen LogP) is 2.58. The van der Waals surface area contributed by atoms with Crippen LogP contribution in [0.1, 0.15) is 33.5 Å². The van der Waals surface area contributed by atoms with Crippen molar-refractivity contribution in [3.63, 3.8) is 0 Å². The van der Waals surface area contributed by atoms with Gasteiger partial charge in [-0.05, 0) is 44.0 Å². The number of guanidine groups is 1. The number of methoxy groups -OCH3 is 1. The van der Waals surface area contributed by atoms with Gasteiger partial charge in [0, 0.05) is 18.2 Å². The van der Waals surface area contributed by atoms with Crippen LogP contribution in [-0.2, 0) is 6.54 Å². The maximum absolute atomic E-state index is 5.17. The van der Waals surface area contributed by atoms with Crippen molar-refractivity contribution < 1.29 is 4.74 Å². The van der Waals surface area contributed by atoms with Crippen molar-refractivity contribution in [3.8, 4) is 17.1 Å². The normalized spacial score (nSPS) is 13.0. The fourth-order valence-electron chi connectivity index (χ4n) is 2.09. The maximum Gasteiger partial charge on any atom is 0.191 e. The summed E-state index contributed by atoms with van der Waals surface area (Å²) < 4.78 is 5.17. The first-order valence-corrected chi connectivity index (χ1v) is 8.64. The molecular weight excluding hydrogens is 316 g/mol. The first kappa shape index (κ1) is 18.8. The van der Waals surface area contributed by atoms with Gasteiger partial charge in [0.05, 0.1) is 7.11 Å². The minimum absolute atomic E-state index is 0.336. The van der Waals surface area contributed by atoms with Gasteiger partial charge in [-0.15, -0.1) is 0 Å². The van der Waals surface area contributed by atoms with E-state index in [2.05, 4.69) is 51.6 Å². The Morgan fingerprint density at radius 2 is 1.96 bits per heavy atom. The molecule has 7 heteroatoms. The molecule has 0 aliphatic carbocycles. The van der Waals surface area contributed by atoms with E-state index in [1.165, 1.54) is 0 Å². The lowest BCUT2D eigenvalue weighted by atomic mass is 10.1. The molecule has 0 saturated carbocycles. The second kappa shape index (κ2) is 9.05. The van der Waals surface area contributed by atoms with E-state index in [9.17, 15) is 0 Å². The summed E-state index contributed by atoms with van der Waals surface area (Å²) in [5.41, 5.74) is 0.936. The Kier molecular flexibility index (Phi) is 6.80. The number of benzene rings is 1. The molecule has 0 fully saturated rings. The zero-order chi connectivity index (χ0) is 18.2. The lowest BCUT2D eigenvalue weighted by Crippen LogP contribution is -2.44. The molecule has 25 heavy (non-hydrogen) atoms. The molecule has 0 amide bonds. The summed E-state index contributed by atoms with van der Waals surface area (Å²) in [5.74, 6) is 3.49. The number of aliphatic imine (C=N–C) groups is 1. The number of nitrogens with zero attached hydrogens (tertiary/aromatic N) is 3. The third-order valence-corrected chi connectivity index (χ3v) is 3.98. The molecular formula is C18H28N6O. The van der Waals surface area contributed by atoms with Gasteiger partial charge in [-0.2, -0.15) is 5.10 Å². The molecule has 1 aromatic carbocycles. The van der Waals surface area contributed by atoms with Crippen LogP contribution in [0.15, 0.2) is 29.3 Å². The Morgan fingerprint density at radius 1 is 1.24 bits per heavy atom. The molecule has 2 aromatic rings. The molecule has 1 atom stereocenters. The summed E-state index contributed by atoms with van der Waals surface area (Å²) in [6.45, 7) is 9.80. The molecule has 3 N–H and O–H groups in total. The van der Waals surface area contributed by atoms with Gasteiger partial charge in [0.25, 0.3) is 0 Å². The maximum atomic E-state index is 5.17. The van der Waals surface area contributed by atoms with E-state index in [0.29, 0.717) is 24.3 Å². The number of hydrogen-bond acceptors (Lipinski definition) is 4. The average molecular weight is 344 g/mol. The quantitative estimate of drug-likeness (QED) is 0.531. The van der Waals surface area contributed by atoms with Crippen LogP contribution in [-0.4, -0.2) is 40.8 Å². The van der Waals surface area contributed by atoms with E-state index >= 15 is 0 Å². The molecule has 2 rings (SSSR count). The van der Waals surface area contributed by atoms with Gasteiger partial charge in [0.2, 0.25) is 0 Å². The van der Waals surface area contributed by atoms with Crippen LogP contribution < -0.4 is 15.4 Å². The molecule has 1 heterocycles. The fourth-order valence-corrected chi connectivity index (χ4v) is 2.09. The number of ether oxygens (including phenoxy) is 1. The van der Waals surface area contributed by atoms with Gasteiger partial charge < -0.3 is 15.4 Å². The number of hydrogen-bond donors (Lipinski definition) is 3. The van der Waals surface area contributed by atoms with Crippen LogP contribution >= 0.6 is 0 Å². The Hall–Kier alpha value is -2.57. The van der Waals surface area contributed by atoms with E-state index in [1.807, 2.05) is 31.2 Å². The van der Waals surface area contributed by atoms with Crippen molar-refractivity contribution in [1.29, 1.82) is 0 Å². The summed E-state index contributed by atoms with van der Waals surface area (Å²) in [6.07, 6.45) is 0. The van der Waals surface area contributed by atoms with Gasteiger partial charge in [-0.1, -0.05) is 13.8 Å². The highest BCUT2D eigenvalue weighted by atomic mass is 16.5. The zero-order valence-corrected chi connectivity index (χ0v) is 15.6. The van der Waals surface area contributed by atoms with Gasteiger partial charge in [0.1, 0.15) is 18.1 Å². The van der Waals surface area contributed by atoms with Crippen molar-refractivity contribution in [2.75, 3.05) is 13.7 Å². The van der Waals surface area contributed by atoms with Crippen LogP contribution in [0, 0.1) is 5.92 Å². The number of aromatic amines is 1. The van der Waals surface area contributed by atoms with E-state index in [0.717, 1.165) is 29.6 Å². The standard InChI is InChI=1S/C18H28N6O/c1-6-19-18(21-13(4)12(2)3)20-11-16-22-17(24-23-16)14-7-9-15(25-5)10-8-14/h7-10,12-13H,6,11H2,1-5H3,(H2,19,20,21)(H,22,23,24). The number of nitrogens with one attached hydrogen (secondary N) is 3. The van der Waals surface area contributed by atoms with Gasteiger partial charge in [0.15, 0.2) is 11.8 Å². The second-order valence-electron chi connectivity index (χ2n) is 6.21. The monoisotopic (exact) mass is 344 g/mol. The largest absolute Gasteiger partial charge is 0.497 e. The van der Waals surface area contributed by atoms with E-state index in [4.69, 9.17) is 4.74 Å². The summed E-state index contributed by atoms with van der Waals surface area (Å²) in [5, 5.41) is 13.9. The van der Waals surface area contributed by atoms with Crippen LogP contribution in [0.5, 0.6) is 5.75 Å². The van der Waals surface area contributed by atoms with Crippen LogP contribution in [0.2, 0.25) is 0 Å². The zero-order valence-electron chi connectivity index (χ0n) is 15.6. The first-order valence-electron chi connectivity index (χ1n) is 8.64. The predicted molar refractivity (Wildman–Crippen MR) is 101 cm³/mol. The summed E-state index contributed by atoms with van der Waals surface area (Å²) in [7, 11) is 1.65. The smallest absolute Gasteiger partial charge is 0.191 e. The minimum atomic E-state index is 0.336. The van der Waals surface area contributed by atoms with Crippen molar-refractivity contribution in [1.82, 2.24) is 25.8 Å². The average Bonchev–Trinajstić information content (AvgIpc) is 3.08. The molecule has 0 saturated heterocycles. The Bertz CT molecular complexity index is 677. The third kappa shape index (κ3) is 5.48. The van der Waals surface area contributed by atoms with Crippen LogP contribution in [0.3, 0.4) is 0 Å². The Morgan fingerprint density at radius 3 is 2.56 bits per heavy atom. The van der Waals surface area contributed by atoms with Crippen LogP contribution in [0.4, 0.5) is 0 Å². The van der Waals surface area contributed by atoms with E-state index in [1.54, 1.807) is 7.11 Å². The topological polar surface area (TPSA) is 87.2 Å². The lowest BCUT2D eigenvalue weighted by molar-refractivity contribution is 0.415. The lowest BCUT2D eigenvalue weighted by Gasteiger charge is -2.20. The van der Waals surface area contributed by atoms with Gasteiger partial charge in [-0.3, -0.25) is 5.10 Å². The SMILES string of the molecule is CCNC(=NCc1nc(-c2ccc(OC)cc2)n[nH]1)NC(C)C(C)C. The highest BCUT2D eigenvalue weighted by Gasteiger charge is 2.10. The molecule has 0 bridgehead atoms. The van der Waals surface area contributed by atoms with Crippen molar-refractivity contribution in [3.05, 3.63) is 30.1 Å². The molecule has 7 nitrogen and oxygen atoms in total.